The number of carbonyl (C=O) groups is 4. The van der Waals surface area contributed by atoms with Crippen molar-refractivity contribution in [2.75, 3.05) is 6.54 Å². The summed E-state index contributed by atoms with van der Waals surface area (Å²) in [6.45, 7) is 5.69. The first kappa shape index (κ1) is 30.8. The van der Waals surface area contributed by atoms with E-state index in [0.29, 0.717) is 38.5 Å². The SMILES string of the molecule is CC(C)(C)C12CCCN1C(=O)C(OC(N)=O)CCCCC/C=C/C1CC1(C(=O)NS(=O)(=O)NC1(C#N)CC1)NC2=O. The van der Waals surface area contributed by atoms with Crippen LogP contribution in [0.1, 0.15) is 85.0 Å². The first-order valence-electron chi connectivity index (χ1n) is 14.2. The zero-order chi connectivity index (χ0) is 30.3. The largest absolute Gasteiger partial charge is 0.436 e. The molecule has 2 heterocycles. The maximum atomic E-state index is 14.3. The zero-order valence-corrected chi connectivity index (χ0v) is 24.6. The molecular weight excluding hydrogens is 552 g/mol. The van der Waals surface area contributed by atoms with Crippen LogP contribution in [0.25, 0.3) is 0 Å². The van der Waals surface area contributed by atoms with Gasteiger partial charge in [0.1, 0.15) is 16.6 Å². The molecule has 4 amide bonds. The lowest BCUT2D eigenvalue weighted by Crippen LogP contribution is -2.68. The molecule has 2 aliphatic carbocycles. The molecule has 14 heteroatoms. The smallest absolute Gasteiger partial charge is 0.405 e. The third-order valence-electron chi connectivity index (χ3n) is 8.78. The molecule has 3 fully saturated rings. The number of nitrogens with two attached hydrogens (primary N) is 1. The second-order valence-electron chi connectivity index (χ2n) is 12.7. The average Bonchev–Trinajstić information content (AvgIpc) is 3.73. The highest BCUT2D eigenvalue weighted by Gasteiger charge is 2.65. The van der Waals surface area contributed by atoms with Gasteiger partial charge in [-0.2, -0.15) is 18.4 Å². The van der Waals surface area contributed by atoms with E-state index in [9.17, 15) is 32.9 Å². The summed E-state index contributed by atoms with van der Waals surface area (Å²) in [5.41, 5.74) is 0.264. The third kappa shape index (κ3) is 6.06. The summed E-state index contributed by atoms with van der Waals surface area (Å²) >= 11 is 0. The summed E-state index contributed by atoms with van der Waals surface area (Å²) < 4.78 is 35.1. The highest BCUT2D eigenvalue weighted by atomic mass is 32.2. The van der Waals surface area contributed by atoms with Crippen LogP contribution in [0.4, 0.5) is 4.79 Å². The Morgan fingerprint density at radius 2 is 1.88 bits per heavy atom. The molecule has 4 unspecified atom stereocenters. The normalized spacial score (nSPS) is 32.6. The molecule has 2 saturated carbocycles. The summed E-state index contributed by atoms with van der Waals surface area (Å²) in [7, 11) is -4.39. The molecule has 0 spiro atoms. The van der Waals surface area contributed by atoms with Gasteiger partial charge in [-0.05, 0) is 63.2 Å². The summed E-state index contributed by atoms with van der Waals surface area (Å²) in [6, 6.07) is 1.92. The molecule has 5 N–H and O–H groups in total. The molecule has 41 heavy (non-hydrogen) atoms. The molecule has 0 aromatic heterocycles. The first-order valence-corrected chi connectivity index (χ1v) is 15.6. The lowest BCUT2D eigenvalue weighted by atomic mass is 9.70. The van der Waals surface area contributed by atoms with Crippen LogP contribution in [-0.2, 0) is 29.3 Å². The number of nitrogens with one attached hydrogen (secondary N) is 3. The van der Waals surface area contributed by atoms with E-state index in [2.05, 4.69) is 10.0 Å². The Bertz CT molecular complexity index is 1280. The molecular formula is C27H40N6O7S. The number of primary amides is 1. The first-order chi connectivity index (χ1) is 19.1. The van der Waals surface area contributed by atoms with Gasteiger partial charge in [-0.15, -0.1) is 0 Å². The van der Waals surface area contributed by atoms with Gasteiger partial charge in [0, 0.05) is 12.5 Å². The fourth-order valence-electron chi connectivity index (χ4n) is 6.20. The minimum Gasteiger partial charge on any atom is -0.436 e. The van der Waals surface area contributed by atoms with Gasteiger partial charge in [0.05, 0.1) is 6.07 Å². The monoisotopic (exact) mass is 592 g/mol. The van der Waals surface area contributed by atoms with Crippen LogP contribution in [-0.4, -0.2) is 66.4 Å². The van der Waals surface area contributed by atoms with Crippen LogP contribution in [0.3, 0.4) is 0 Å². The molecule has 0 radical (unpaired) electrons. The standard InChI is InChI=1S/C27H40N6O7S/c1-24(2,3)27-12-9-15-33(27)20(34)19(40-23(29)37)11-8-6-4-5-7-10-18-16-26(18,30-22(27)36)21(35)31-41(38,39)32-25(17-28)13-14-25/h7,10,18-19,32H,4-6,8-9,11-16H2,1-3H3,(H2,29,37)(H,30,36)(H,31,35)/b10-7+. The second-order valence-corrected chi connectivity index (χ2v) is 14.1. The number of rotatable bonds is 5. The van der Waals surface area contributed by atoms with E-state index in [0.717, 1.165) is 12.8 Å². The molecule has 0 bridgehead atoms. The lowest BCUT2D eigenvalue weighted by Gasteiger charge is -2.47. The Morgan fingerprint density at radius 1 is 1.17 bits per heavy atom. The average molecular weight is 593 g/mol. The number of carbonyl (C=O) groups excluding carboxylic acids is 4. The predicted molar refractivity (Wildman–Crippen MR) is 147 cm³/mol. The third-order valence-corrected chi connectivity index (χ3v) is 9.89. The highest BCUT2D eigenvalue weighted by Crippen LogP contribution is 2.49. The molecule has 0 aromatic rings. The van der Waals surface area contributed by atoms with Crippen molar-refractivity contribution in [3.05, 3.63) is 12.2 Å². The molecule has 2 aliphatic heterocycles. The molecule has 13 nitrogen and oxygen atoms in total. The summed E-state index contributed by atoms with van der Waals surface area (Å²) in [4.78, 5) is 54.9. The quantitative estimate of drug-likeness (QED) is 0.342. The second kappa shape index (κ2) is 10.9. The van der Waals surface area contributed by atoms with Crippen LogP contribution in [0.2, 0.25) is 0 Å². The Balaban J connectivity index is 1.69. The maximum absolute atomic E-state index is 14.3. The van der Waals surface area contributed by atoms with Gasteiger partial charge in [0.25, 0.3) is 11.8 Å². The minimum atomic E-state index is -4.39. The van der Waals surface area contributed by atoms with Gasteiger partial charge < -0.3 is 20.7 Å². The van der Waals surface area contributed by atoms with E-state index in [-0.39, 0.29) is 19.4 Å². The fourth-order valence-corrected chi connectivity index (χ4v) is 7.44. The Morgan fingerprint density at radius 3 is 2.49 bits per heavy atom. The van der Waals surface area contributed by atoms with Crippen molar-refractivity contribution in [2.45, 2.75) is 108 Å². The van der Waals surface area contributed by atoms with Crippen LogP contribution >= 0.6 is 0 Å². The van der Waals surface area contributed by atoms with Gasteiger partial charge in [-0.3, -0.25) is 14.4 Å². The van der Waals surface area contributed by atoms with Gasteiger partial charge in [0.15, 0.2) is 6.10 Å². The Hall–Kier alpha value is -3.18. The fraction of sp³-hybridized carbons (Fsp3) is 0.741. The van der Waals surface area contributed by atoms with Crippen LogP contribution in [0, 0.1) is 22.7 Å². The van der Waals surface area contributed by atoms with E-state index >= 15 is 0 Å². The number of ether oxygens (including phenoxy) is 1. The van der Waals surface area contributed by atoms with Crippen LogP contribution in [0.15, 0.2) is 12.2 Å². The summed E-state index contributed by atoms with van der Waals surface area (Å²) in [5.74, 6) is -2.49. The predicted octanol–water partition coefficient (Wildman–Crippen LogP) is 1.26. The Kier molecular flexibility index (Phi) is 8.18. The molecule has 4 rings (SSSR count). The molecule has 4 atom stereocenters. The summed E-state index contributed by atoms with van der Waals surface area (Å²) in [6.07, 6.45) is 6.16. The van der Waals surface area contributed by atoms with E-state index in [1.807, 2.05) is 43.7 Å². The lowest BCUT2D eigenvalue weighted by molar-refractivity contribution is -0.158. The zero-order valence-electron chi connectivity index (χ0n) is 23.8. The number of nitriles is 1. The van der Waals surface area contributed by atoms with E-state index in [4.69, 9.17) is 10.5 Å². The number of hydrogen-bond donors (Lipinski definition) is 4. The van der Waals surface area contributed by atoms with Gasteiger partial charge in [-0.25, -0.2) is 9.52 Å². The van der Waals surface area contributed by atoms with Crippen molar-refractivity contribution in [1.29, 1.82) is 5.26 Å². The van der Waals surface area contributed by atoms with Crippen molar-refractivity contribution < 1.29 is 32.3 Å². The number of nitrogens with zero attached hydrogens (tertiary/aromatic N) is 2. The number of fused-ring (bicyclic) bond motifs is 2. The molecule has 0 aromatic carbocycles. The van der Waals surface area contributed by atoms with Crippen molar-refractivity contribution in [3.8, 4) is 6.07 Å². The molecule has 1 saturated heterocycles. The highest BCUT2D eigenvalue weighted by molar-refractivity contribution is 7.88. The number of allylic oxidation sites excluding steroid dienone is 1. The summed E-state index contributed by atoms with van der Waals surface area (Å²) in [5, 5.41) is 12.2. The number of hydrogen-bond acceptors (Lipinski definition) is 8. The molecule has 4 aliphatic rings. The van der Waals surface area contributed by atoms with E-state index < -0.39 is 68.1 Å². The van der Waals surface area contributed by atoms with Crippen molar-refractivity contribution in [3.63, 3.8) is 0 Å². The van der Waals surface area contributed by atoms with Crippen molar-refractivity contribution >= 4 is 34.0 Å². The maximum Gasteiger partial charge on any atom is 0.405 e. The van der Waals surface area contributed by atoms with Gasteiger partial charge in [0.2, 0.25) is 5.91 Å². The Labute approximate surface area is 240 Å². The van der Waals surface area contributed by atoms with E-state index in [1.165, 1.54) is 4.90 Å². The topological polar surface area (TPSA) is 201 Å². The molecule has 226 valence electrons. The minimum absolute atomic E-state index is 0.168. The van der Waals surface area contributed by atoms with Crippen molar-refractivity contribution in [1.82, 2.24) is 19.7 Å². The number of amides is 4. The van der Waals surface area contributed by atoms with Crippen LogP contribution < -0.4 is 20.5 Å². The van der Waals surface area contributed by atoms with Gasteiger partial charge in [-0.1, -0.05) is 39.3 Å². The van der Waals surface area contributed by atoms with E-state index in [1.54, 1.807) is 0 Å². The van der Waals surface area contributed by atoms with Gasteiger partial charge >= 0.3 is 16.3 Å². The van der Waals surface area contributed by atoms with Crippen LogP contribution in [0.5, 0.6) is 0 Å². The van der Waals surface area contributed by atoms with Crippen molar-refractivity contribution in [2.24, 2.45) is 17.1 Å².